The number of nitrogens with zero attached hydrogens (tertiary/aromatic N) is 1. The fourth-order valence-corrected chi connectivity index (χ4v) is 6.57. The van der Waals surface area contributed by atoms with Crippen molar-refractivity contribution in [3.8, 4) is 0 Å². The molecule has 4 rings (SSSR count). The van der Waals surface area contributed by atoms with Crippen LogP contribution in [0.4, 0.5) is 5.69 Å². The van der Waals surface area contributed by atoms with E-state index in [1.54, 1.807) is 0 Å². The molecule has 196 valence electrons. The molecule has 0 saturated carbocycles. The first-order chi connectivity index (χ1) is 18.8. The van der Waals surface area contributed by atoms with E-state index >= 15 is 0 Å². The summed E-state index contributed by atoms with van der Waals surface area (Å²) in [4.78, 5) is 5.22. The summed E-state index contributed by atoms with van der Waals surface area (Å²) in [7, 11) is -0.889. The first-order valence-corrected chi connectivity index (χ1v) is 15.1. The first kappa shape index (κ1) is 29.1. The summed E-state index contributed by atoms with van der Waals surface area (Å²) < 4.78 is 0. The third-order valence-electron chi connectivity index (χ3n) is 6.17. The zero-order valence-corrected chi connectivity index (χ0v) is 24.0. The summed E-state index contributed by atoms with van der Waals surface area (Å²) in [5, 5.41) is 6.32. The summed E-state index contributed by atoms with van der Waals surface area (Å²) in [6.45, 7) is 10.6. The Balaban J connectivity index is 0.00000195. The molecular weight excluding hydrogens is 479 g/mol. The number of fused-ring (bicyclic) bond motifs is 1. The van der Waals surface area contributed by atoms with Gasteiger partial charge in [-0.2, -0.15) is 0 Å². The third-order valence-corrected chi connectivity index (χ3v) is 8.62. The molecule has 0 heterocycles. The van der Waals surface area contributed by atoms with Crippen LogP contribution in [0.25, 0.3) is 6.08 Å². The second kappa shape index (κ2) is 16.4. The van der Waals surface area contributed by atoms with Crippen molar-refractivity contribution in [1.29, 1.82) is 0 Å². The summed E-state index contributed by atoms with van der Waals surface area (Å²) in [5.41, 5.74) is 6.01. The number of aryl methyl sites for hydroxylation is 1. The summed E-state index contributed by atoms with van der Waals surface area (Å²) in [6, 6.07) is 17.2. The zero-order valence-electron chi connectivity index (χ0n) is 23.1. The van der Waals surface area contributed by atoms with Crippen molar-refractivity contribution in [3.63, 3.8) is 0 Å². The standard InChI is InChI=1S/C33H35N2P.C2H6/c1-3-5-20-31(4-2)36(32-21-14-6-7-15-22-32)33(34-26-27-16-10-8-11-17-27)35-30-24-23-28-18-12-9-13-19-29(28)25-30;1-2/h3-8,10-11,13-14,16-17,19-25H,1,9,12,15,18,26H2,2H3,(H,34,35);1-2H3/b20-5-,31-4+;. The molecule has 0 amide bonds. The first-order valence-electron chi connectivity index (χ1n) is 13.7. The van der Waals surface area contributed by atoms with E-state index in [0.29, 0.717) is 6.54 Å². The summed E-state index contributed by atoms with van der Waals surface area (Å²) >= 11 is 0. The quantitative estimate of drug-likeness (QED) is 0.159. The molecule has 2 aliphatic rings. The van der Waals surface area contributed by atoms with Gasteiger partial charge in [0, 0.05) is 13.6 Å². The largest absolute Gasteiger partial charge is 0.340 e. The van der Waals surface area contributed by atoms with Crippen molar-refractivity contribution in [3.05, 3.63) is 143 Å². The lowest BCUT2D eigenvalue weighted by Gasteiger charge is -2.24. The molecule has 1 N–H and O–H groups in total. The smallest absolute Gasteiger partial charge is 0.133 e. The Kier molecular flexibility index (Phi) is 12.5. The number of aliphatic imine (C=N–C) groups is 1. The van der Waals surface area contributed by atoms with Crippen molar-refractivity contribution in [2.24, 2.45) is 4.99 Å². The van der Waals surface area contributed by atoms with Gasteiger partial charge in [-0.3, -0.25) is 4.99 Å². The van der Waals surface area contributed by atoms with Gasteiger partial charge in [-0.1, -0.05) is 124 Å². The van der Waals surface area contributed by atoms with Crippen molar-refractivity contribution >= 4 is 25.3 Å². The molecule has 0 aliphatic heterocycles. The van der Waals surface area contributed by atoms with Crippen LogP contribution >= 0.6 is 7.92 Å². The van der Waals surface area contributed by atoms with Gasteiger partial charge in [-0.15, -0.1) is 0 Å². The van der Waals surface area contributed by atoms with Crippen LogP contribution < -0.4 is 5.32 Å². The van der Waals surface area contributed by atoms with E-state index in [2.05, 4.69) is 122 Å². The van der Waals surface area contributed by atoms with Gasteiger partial charge in [0.2, 0.25) is 0 Å². The fourth-order valence-electron chi connectivity index (χ4n) is 4.32. The number of allylic oxidation sites excluding steroid dienone is 12. The maximum Gasteiger partial charge on any atom is 0.133 e. The van der Waals surface area contributed by atoms with Crippen LogP contribution in [0.1, 0.15) is 56.7 Å². The van der Waals surface area contributed by atoms with E-state index in [1.807, 2.05) is 26.0 Å². The summed E-state index contributed by atoms with van der Waals surface area (Å²) in [6.07, 6.45) is 28.2. The molecule has 1 unspecified atom stereocenters. The maximum atomic E-state index is 5.22. The minimum atomic E-state index is -0.889. The lowest BCUT2D eigenvalue weighted by molar-refractivity contribution is 0.852. The molecule has 38 heavy (non-hydrogen) atoms. The molecule has 0 saturated heterocycles. The van der Waals surface area contributed by atoms with E-state index < -0.39 is 7.92 Å². The minimum absolute atomic E-state index is 0.629. The van der Waals surface area contributed by atoms with Gasteiger partial charge in [0.1, 0.15) is 5.58 Å². The zero-order chi connectivity index (χ0) is 27.0. The second-order valence-corrected chi connectivity index (χ2v) is 10.9. The molecular formula is C35H41N2P. The average molecular weight is 521 g/mol. The Morgan fingerprint density at radius 3 is 2.68 bits per heavy atom. The molecule has 2 aliphatic carbocycles. The number of rotatable bonds is 8. The Bertz CT molecular complexity index is 1260. The van der Waals surface area contributed by atoms with Gasteiger partial charge in [-0.25, -0.2) is 0 Å². The molecule has 2 aromatic carbocycles. The van der Waals surface area contributed by atoms with Gasteiger partial charge in [0.25, 0.3) is 0 Å². The van der Waals surface area contributed by atoms with Crippen LogP contribution in [-0.4, -0.2) is 5.58 Å². The van der Waals surface area contributed by atoms with Gasteiger partial charge < -0.3 is 5.32 Å². The topological polar surface area (TPSA) is 24.4 Å². The molecule has 2 aromatic rings. The van der Waals surface area contributed by atoms with Gasteiger partial charge >= 0.3 is 0 Å². The fraction of sp³-hybridized carbons (Fsp3) is 0.229. The lowest BCUT2D eigenvalue weighted by Crippen LogP contribution is -2.13. The van der Waals surface area contributed by atoms with E-state index in [1.165, 1.54) is 33.7 Å². The number of benzene rings is 2. The Morgan fingerprint density at radius 1 is 1.05 bits per heavy atom. The Hall–Kier alpha value is -3.48. The molecule has 1 atom stereocenters. The van der Waals surface area contributed by atoms with Crippen molar-refractivity contribution in [2.75, 3.05) is 5.32 Å². The van der Waals surface area contributed by atoms with E-state index in [4.69, 9.17) is 4.99 Å². The molecule has 0 radical (unpaired) electrons. The Morgan fingerprint density at radius 2 is 1.89 bits per heavy atom. The lowest BCUT2D eigenvalue weighted by atomic mass is 10.0. The predicted octanol–water partition coefficient (Wildman–Crippen LogP) is 10.6. The highest BCUT2D eigenvalue weighted by molar-refractivity contribution is 7.83. The molecule has 2 nitrogen and oxygen atoms in total. The van der Waals surface area contributed by atoms with E-state index in [-0.39, 0.29) is 0 Å². The summed E-state index contributed by atoms with van der Waals surface area (Å²) in [5.74, 6) is 0. The average Bonchev–Trinajstić information content (AvgIpc) is 3.38. The number of nitrogens with one attached hydrogen (secondary N) is 1. The van der Waals surface area contributed by atoms with Crippen molar-refractivity contribution < 1.29 is 0 Å². The number of amidine groups is 1. The molecule has 0 fully saturated rings. The highest BCUT2D eigenvalue weighted by atomic mass is 31.1. The van der Waals surface area contributed by atoms with E-state index in [0.717, 1.165) is 30.5 Å². The second-order valence-electron chi connectivity index (χ2n) is 8.75. The number of hydrogen-bond donors (Lipinski definition) is 1. The van der Waals surface area contributed by atoms with Crippen LogP contribution in [0.2, 0.25) is 0 Å². The highest BCUT2D eigenvalue weighted by Crippen LogP contribution is 2.55. The normalized spacial score (nSPS) is 16.0. The SMILES string of the molecule is C=C/C=C\C(=C/C)P(C1=CCC=CC=C1)C(=NCc1ccccc1)Nc1ccc2c(c1)C=CCCC2.CC. The van der Waals surface area contributed by atoms with Gasteiger partial charge in [0.05, 0.1) is 6.54 Å². The van der Waals surface area contributed by atoms with Crippen LogP contribution in [0, 0.1) is 0 Å². The van der Waals surface area contributed by atoms with Crippen LogP contribution in [-0.2, 0) is 13.0 Å². The van der Waals surface area contributed by atoms with Crippen LogP contribution in [0.5, 0.6) is 0 Å². The van der Waals surface area contributed by atoms with Gasteiger partial charge in [-0.05, 0) is 72.1 Å². The molecule has 3 heteroatoms. The van der Waals surface area contributed by atoms with Crippen LogP contribution in [0.3, 0.4) is 0 Å². The molecule has 0 bridgehead atoms. The maximum absolute atomic E-state index is 5.22. The monoisotopic (exact) mass is 520 g/mol. The minimum Gasteiger partial charge on any atom is -0.340 e. The predicted molar refractivity (Wildman–Crippen MR) is 172 cm³/mol. The Labute approximate surface area is 231 Å². The van der Waals surface area contributed by atoms with Crippen molar-refractivity contribution in [1.82, 2.24) is 0 Å². The van der Waals surface area contributed by atoms with Crippen LogP contribution in [0.15, 0.2) is 131 Å². The highest BCUT2D eigenvalue weighted by Gasteiger charge is 2.23. The van der Waals surface area contributed by atoms with E-state index in [9.17, 15) is 0 Å². The molecule has 0 spiro atoms. The molecule has 0 aromatic heterocycles. The third kappa shape index (κ3) is 8.54. The number of anilines is 1. The van der Waals surface area contributed by atoms with Gasteiger partial charge in [0.15, 0.2) is 0 Å². The number of hydrogen-bond acceptors (Lipinski definition) is 1. The van der Waals surface area contributed by atoms with Crippen molar-refractivity contribution in [2.45, 2.75) is 53.0 Å².